The molecule has 3 aliphatic rings. The first-order valence-corrected chi connectivity index (χ1v) is 7.97. The van der Waals surface area contributed by atoms with Crippen LogP contribution in [0.2, 0.25) is 0 Å². The fourth-order valence-corrected chi connectivity index (χ4v) is 3.71. The number of rotatable bonds is 4. The summed E-state index contributed by atoms with van der Waals surface area (Å²) >= 11 is 0. The van der Waals surface area contributed by atoms with Crippen LogP contribution >= 0.6 is 0 Å². The molecule has 3 heterocycles. The summed E-state index contributed by atoms with van der Waals surface area (Å²) in [4.78, 5) is 2.61. The molecule has 4 heteroatoms. The summed E-state index contributed by atoms with van der Waals surface area (Å²) in [5, 5.41) is 3.77. The van der Waals surface area contributed by atoms with Crippen molar-refractivity contribution in [3.05, 3.63) is 0 Å². The van der Waals surface area contributed by atoms with E-state index in [2.05, 4.69) is 17.1 Å². The second-order valence-electron chi connectivity index (χ2n) is 6.52. The summed E-state index contributed by atoms with van der Waals surface area (Å²) in [5.74, 6) is 0. The molecule has 3 aliphatic heterocycles. The van der Waals surface area contributed by atoms with Crippen LogP contribution in [0.15, 0.2) is 0 Å². The fourth-order valence-electron chi connectivity index (χ4n) is 3.71. The second-order valence-corrected chi connectivity index (χ2v) is 6.52. The molecule has 1 N–H and O–H groups in total. The average molecular weight is 268 g/mol. The summed E-state index contributed by atoms with van der Waals surface area (Å²) < 4.78 is 11.5. The monoisotopic (exact) mass is 268 g/mol. The first-order chi connectivity index (χ1) is 9.27. The van der Waals surface area contributed by atoms with E-state index in [1.54, 1.807) is 0 Å². The summed E-state index contributed by atoms with van der Waals surface area (Å²) in [7, 11) is 0. The highest BCUT2D eigenvalue weighted by molar-refractivity contribution is 4.93. The van der Waals surface area contributed by atoms with Crippen LogP contribution in [0.4, 0.5) is 0 Å². The molecule has 3 rings (SSSR count). The highest BCUT2D eigenvalue weighted by atomic mass is 16.6. The minimum absolute atomic E-state index is 0.0345. The lowest BCUT2D eigenvalue weighted by Crippen LogP contribution is -2.50. The predicted molar refractivity (Wildman–Crippen MR) is 75.4 cm³/mol. The molecule has 110 valence electrons. The Bertz CT molecular complexity index is 286. The normalized spacial score (nSPS) is 38.1. The molecule has 3 saturated heterocycles. The van der Waals surface area contributed by atoms with Crippen molar-refractivity contribution in [2.45, 2.75) is 56.7 Å². The van der Waals surface area contributed by atoms with Gasteiger partial charge in [0, 0.05) is 38.3 Å². The van der Waals surface area contributed by atoms with E-state index >= 15 is 0 Å². The molecule has 0 aromatic rings. The van der Waals surface area contributed by atoms with Crippen molar-refractivity contribution in [1.82, 2.24) is 10.2 Å². The van der Waals surface area contributed by atoms with E-state index in [1.807, 2.05) is 0 Å². The molecular weight excluding hydrogens is 240 g/mol. The summed E-state index contributed by atoms with van der Waals surface area (Å²) in [6.07, 6.45) is 6.10. The fraction of sp³-hybridized carbons (Fsp3) is 1.00. The minimum atomic E-state index is 0.0345. The number of hydrogen-bond acceptors (Lipinski definition) is 4. The molecule has 0 radical (unpaired) electrons. The van der Waals surface area contributed by atoms with Crippen LogP contribution in [0, 0.1) is 0 Å². The summed E-state index contributed by atoms with van der Waals surface area (Å²) in [6.45, 7) is 8.60. The Kier molecular flexibility index (Phi) is 4.42. The van der Waals surface area contributed by atoms with Crippen molar-refractivity contribution in [3.63, 3.8) is 0 Å². The molecule has 0 aliphatic carbocycles. The number of ether oxygens (including phenoxy) is 2. The maximum atomic E-state index is 5.99. The van der Waals surface area contributed by atoms with Crippen molar-refractivity contribution < 1.29 is 9.47 Å². The zero-order valence-corrected chi connectivity index (χ0v) is 12.2. The Morgan fingerprint density at radius 3 is 2.89 bits per heavy atom. The van der Waals surface area contributed by atoms with E-state index in [9.17, 15) is 0 Å². The lowest BCUT2D eigenvalue weighted by Gasteiger charge is -2.38. The van der Waals surface area contributed by atoms with E-state index in [0.29, 0.717) is 12.1 Å². The Hall–Kier alpha value is -0.160. The first-order valence-electron chi connectivity index (χ1n) is 7.97. The third-order valence-electron chi connectivity index (χ3n) is 5.03. The zero-order valence-electron chi connectivity index (χ0n) is 12.2. The van der Waals surface area contributed by atoms with Gasteiger partial charge in [-0.15, -0.1) is 0 Å². The van der Waals surface area contributed by atoms with E-state index in [-0.39, 0.29) is 5.60 Å². The van der Waals surface area contributed by atoms with Crippen molar-refractivity contribution >= 4 is 0 Å². The maximum absolute atomic E-state index is 5.99. The van der Waals surface area contributed by atoms with Crippen molar-refractivity contribution in [2.24, 2.45) is 0 Å². The van der Waals surface area contributed by atoms with Crippen LogP contribution in [-0.2, 0) is 9.47 Å². The molecule has 19 heavy (non-hydrogen) atoms. The van der Waals surface area contributed by atoms with Gasteiger partial charge in [0.25, 0.3) is 0 Å². The molecule has 4 nitrogen and oxygen atoms in total. The van der Waals surface area contributed by atoms with Gasteiger partial charge in [-0.25, -0.2) is 0 Å². The van der Waals surface area contributed by atoms with Gasteiger partial charge in [0.15, 0.2) is 0 Å². The maximum Gasteiger partial charge on any atom is 0.0951 e. The van der Waals surface area contributed by atoms with Gasteiger partial charge in [-0.2, -0.15) is 0 Å². The molecule has 0 amide bonds. The predicted octanol–water partition coefficient (Wildman–Crippen LogP) is 1.40. The Morgan fingerprint density at radius 1 is 1.32 bits per heavy atom. The van der Waals surface area contributed by atoms with Crippen LogP contribution < -0.4 is 5.32 Å². The molecule has 3 unspecified atom stereocenters. The largest absolute Gasteiger partial charge is 0.378 e. The van der Waals surface area contributed by atoms with E-state index < -0.39 is 0 Å². The van der Waals surface area contributed by atoms with E-state index in [0.717, 1.165) is 45.6 Å². The van der Waals surface area contributed by atoms with Gasteiger partial charge in [0.1, 0.15) is 0 Å². The number of nitrogens with zero attached hydrogens (tertiary/aromatic N) is 1. The molecule has 3 fully saturated rings. The van der Waals surface area contributed by atoms with Crippen LogP contribution in [0.5, 0.6) is 0 Å². The average Bonchev–Trinajstić information content (AvgIpc) is 3.08. The van der Waals surface area contributed by atoms with Gasteiger partial charge >= 0.3 is 0 Å². The smallest absolute Gasteiger partial charge is 0.0951 e. The Labute approximate surface area is 116 Å². The van der Waals surface area contributed by atoms with Crippen LogP contribution in [0.25, 0.3) is 0 Å². The van der Waals surface area contributed by atoms with E-state index in [4.69, 9.17) is 9.47 Å². The molecular formula is C15H28N2O2. The molecule has 0 aromatic carbocycles. The molecule has 0 saturated carbocycles. The van der Waals surface area contributed by atoms with Crippen molar-refractivity contribution in [1.29, 1.82) is 0 Å². The zero-order chi connectivity index (χ0) is 13.1. The van der Waals surface area contributed by atoms with Crippen LogP contribution in [0.1, 0.15) is 39.0 Å². The van der Waals surface area contributed by atoms with Gasteiger partial charge in [0.2, 0.25) is 0 Å². The minimum Gasteiger partial charge on any atom is -0.378 e. The molecule has 0 aromatic heterocycles. The van der Waals surface area contributed by atoms with Crippen molar-refractivity contribution in [2.75, 3.05) is 39.5 Å². The number of hydrogen-bond donors (Lipinski definition) is 1. The van der Waals surface area contributed by atoms with Gasteiger partial charge in [-0.3, -0.25) is 4.90 Å². The summed E-state index contributed by atoms with van der Waals surface area (Å²) in [6, 6.07) is 1.28. The Balaban J connectivity index is 1.44. The Morgan fingerprint density at radius 2 is 2.16 bits per heavy atom. The van der Waals surface area contributed by atoms with Gasteiger partial charge in [-0.05, 0) is 45.7 Å². The van der Waals surface area contributed by atoms with Gasteiger partial charge in [-0.1, -0.05) is 0 Å². The van der Waals surface area contributed by atoms with Gasteiger partial charge < -0.3 is 14.8 Å². The van der Waals surface area contributed by atoms with Crippen LogP contribution in [-0.4, -0.2) is 62.0 Å². The number of likely N-dealkylation sites (tertiary alicyclic amines) is 1. The van der Waals surface area contributed by atoms with Crippen molar-refractivity contribution in [3.8, 4) is 0 Å². The SMILES string of the molecule is CC(CNC1CCOC2(CCOC2)C1)N1CCCC1. The first kappa shape index (κ1) is 13.8. The van der Waals surface area contributed by atoms with E-state index in [1.165, 1.54) is 25.9 Å². The second kappa shape index (κ2) is 6.08. The topological polar surface area (TPSA) is 33.7 Å². The quantitative estimate of drug-likeness (QED) is 0.835. The van der Waals surface area contributed by atoms with Crippen LogP contribution in [0.3, 0.4) is 0 Å². The molecule has 1 spiro atoms. The highest BCUT2D eigenvalue weighted by Crippen LogP contribution is 2.32. The molecule has 0 bridgehead atoms. The highest BCUT2D eigenvalue weighted by Gasteiger charge is 2.40. The lowest BCUT2D eigenvalue weighted by atomic mass is 9.89. The lowest BCUT2D eigenvalue weighted by molar-refractivity contribution is -0.0896. The molecule has 3 atom stereocenters. The van der Waals surface area contributed by atoms with Gasteiger partial charge in [0.05, 0.1) is 12.2 Å². The standard InChI is InChI=1S/C15H28N2O2/c1-13(17-6-2-3-7-17)11-16-14-4-8-19-15(10-14)5-9-18-12-15/h13-14,16H,2-12H2,1H3. The summed E-state index contributed by atoms with van der Waals surface area (Å²) in [5.41, 5.74) is 0.0345. The number of nitrogens with one attached hydrogen (secondary N) is 1. The third kappa shape index (κ3) is 3.30. The third-order valence-corrected chi connectivity index (χ3v) is 5.03.